The number of hydrogen-bond acceptors (Lipinski definition) is 4. The first-order valence-electron chi connectivity index (χ1n) is 9.37. The minimum Gasteiger partial charge on any atom is -0.423 e. The zero-order chi connectivity index (χ0) is 19.8. The third kappa shape index (κ3) is 3.13. The summed E-state index contributed by atoms with van der Waals surface area (Å²) in [4.78, 5) is 39.4. The number of rotatable bonds is 3. The Morgan fingerprint density at radius 2 is 1.75 bits per heavy atom. The molecule has 1 heterocycles. The summed E-state index contributed by atoms with van der Waals surface area (Å²) in [6.07, 6.45) is 3.25. The number of esters is 1. The van der Waals surface area contributed by atoms with Crippen LogP contribution < -0.4 is 9.64 Å². The third-order valence-electron chi connectivity index (χ3n) is 5.47. The Morgan fingerprint density at radius 1 is 1.00 bits per heavy atom. The van der Waals surface area contributed by atoms with Gasteiger partial charge in [0.1, 0.15) is 5.75 Å². The molecule has 2 amide bonds. The van der Waals surface area contributed by atoms with E-state index in [1.54, 1.807) is 36.4 Å². The second-order valence-electron chi connectivity index (χ2n) is 7.42. The Kier molecular flexibility index (Phi) is 4.59. The summed E-state index contributed by atoms with van der Waals surface area (Å²) in [6.45, 7) is 3.83. The highest BCUT2D eigenvalue weighted by Gasteiger charge is 2.48. The number of carbonyl (C=O) groups is 3. The van der Waals surface area contributed by atoms with Crippen molar-refractivity contribution in [2.24, 2.45) is 11.8 Å². The van der Waals surface area contributed by atoms with E-state index in [2.05, 4.69) is 0 Å². The molecule has 0 N–H and O–H groups in total. The number of anilines is 1. The van der Waals surface area contributed by atoms with E-state index < -0.39 is 5.97 Å². The first-order valence-corrected chi connectivity index (χ1v) is 9.37. The molecule has 1 aliphatic heterocycles. The number of fused-ring (bicyclic) bond motifs is 1. The minimum absolute atomic E-state index is 0.176. The quantitative estimate of drug-likeness (QED) is 0.351. The van der Waals surface area contributed by atoms with Gasteiger partial charge in [0.25, 0.3) is 0 Å². The summed E-state index contributed by atoms with van der Waals surface area (Å²) in [5.41, 5.74) is 2.89. The van der Waals surface area contributed by atoms with Gasteiger partial charge in [-0.1, -0.05) is 35.9 Å². The maximum absolute atomic E-state index is 12.9. The highest BCUT2D eigenvalue weighted by Crippen LogP contribution is 2.40. The van der Waals surface area contributed by atoms with Gasteiger partial charge >= 0.3 is 5.97 Å². The van der Waals surface area contributed by atoms with Gasteiger partial charge in [0.15, 0.2) is 0 Å². The Hall–Kier alpha value is -3.21. The highest BCUT2D eigenvalue weighted by atomic mass is 16.5. The normalized spacial score (nSPS) is 21.4. The molecule has 0 spiro atoms. The molecule has 142 valence electrons. The Morgan fingerprint density at radius 3 is 2.54 bits per heavy atom. The summed E-state index contributed by atoms with van der Waals surface area (Å²) in [5, 5.41) is 0. The van der Waals surface area contributed by atoms with Gasteiger partial charge in [0.2, 0.25) is 11.8 Å². The molecular formula is C23H21NO4. The second-order valence-corrected chi connectivity index (χ2v) is 7.42. The SMILES string of the molecule is CC1=CCC2C(=O)N(c3cccc(OC(=O)c4ccccc4C)c3)C(=O)C2C1. The zero-order valence-electron chi connectivity index (χ0n) is 15.8. The lowest BCUT2D eigenvalue weighted by molar-refractivity contribution is -0.122. The summed E-state index contributed by atoms with van der Waals surface area (Å²) >= 11 is 0. The van der Waals surface area contributed by atoms with Crippen LogP contribution in [0.5, 0.6) is 5.75 Å². The van der Waals surface area contributed by atoms with E-state index in [4.69, 9.17) is 4.74 Å². The molecule has 5 nitrogen and oxygen atoms in total. The molecule has 2 unspecified atom stereocenters. The van der Waals surface area contributed by atoms with E-state index >= 15 is 0 Å². The van der Waals surface area contributed by atoms with Gasteiger partial charge in [-0.15, -0.1) is 0 Å². The van der Waals surface area contributed by atoms with Crippen molar-refractivity contribution >= 4 is 23.5 Å². The average molecular weight is 375 g/mol. The molecule has 0 aromatic heterocycles. The fraction of sp³-hybridized carbons (Fsp3) is 0.261. The number of aryl methyl sites for hydroxylation is 1. The number of carbonyl (C=O) groups excluding carboxylic acids is 3. The lowest BCUT2D eigenvalue weighted by Gasteiger charge is -2.18. The molecular weight excluding hydrogens is 354 g/mol. The minimum atomic E-state index is -0.470. The van der Waals surface area contributed by atoms with Crippen molar-refractivity contribution in [1.29, 1.82) is 0 Å². The molecule has 2 aromatic rings. The summed E-state index contributed by atoms with van der Waals surface area (Å²) in [5.74, 6) is -1.12. The smallest absolute Gasteiger partial charge is 0.343 e. The third-order valence-corrected chi connectivity index (χ3v) is 5.47. The number of benzene rings is 2. The molecule has 0 bridgehead atoms. The monoisotopic (exact) mass is 375 g/mol. The standard InChI is InChI=1S/C23H21NO4/c1-14-10-11-19-20(12-14)22(26)24(21(19)25)16-7-5-8-17(13-16)28-23(27)18-9-4-3-6-15(18)2/h3-10,13,19-20H,11-12H2,1-2H3. The zero-order valence-corrected chi connectivity index (χ0v) is 15.8. The van der Waals surface area contributed by atoms with Crippen molar-refractivity contribution in [2.75, 3.05) is 4.90 Å². The van der Waals surface area contributed by atoms with Crippen LogP contribution in [-0.4, -0.2) is 17.8 Å². The second kappa shape index (κ2) is 7.08. The van der Waals surface area contributed by atoms with Crippen LogP contribution in [0, 0.1) is 18.8 Å². The number of hydrogen-bond donors (Lipinski definition) is 0. The molecule has 5 heteroatoms. The number of nitrogens with zero attached hydrogens (tertiary/aromatic N) is 1. The van der Waals surface area contributed by atoms with E-state index in [9.17, 15) is 14.4 Å². The topological polar surface area (TPSA) is 63.7 Å². The van der Waals surface area contributed by atoms with Crippen LogP contribution in [-0.2, 0) is 9.59 Å². The van der Waals surface area contributed by atoms with Gasteiger partial charge < -0.3 is 4.74 Å². The lowest BCUT2D eigenvalue weighted by atomic mass is 9.82. The predicted octanol–water partition coefficient (Wildman–Crippen LogP) is 4.06. The van der Waals surface area contributed by atoms with Crippen molar-refractivity contribution in [3.05, 3.63) is 71.3 Å². The van der Waals surface area contributed by atoms with Crippen LogP contribution in [0.4, 0.5) is 5.69 Å². The van der Waals surface area contributed by atoms with Crippen LogP contribution in [0.15, 0.2) is 60.2 Å². The molecule has 0 radical (unpaired) electrons. The van der Waals surface area contributed by atoms with Crippen molar-refractivity contribution in [3.8, 4) is 5.75 Å². The van der Waals surface area contributed by atoms with Gasteiger partial charge in [0, 0.05) is 6.07 Å². The Balaban J connectivity index is 1.58. The number of allylic oxidation sites excluding steroid dienone is 2. The van der Waals surface area contributed by atoms with Crippen LogP contribution in [0.3, 0.4) is 0 Å². The summed E-state index contributed by atoms with van der Waals surface area (Å²) in [6, 6.07) is 13.8. The Labute approximate surface area is 163 Å². The molecule has 2 atom stereocenters. The fourth-order valence-corrected chi connectivity index (χ4v) is 3.94. The van der Waals surface area contributed by atoms with Gasteiger partial charge in [-0.2, -0.15) is 0 Å². The van der Waals surface area contributed by atoms with Crippen molar-refractivity contribution in [1.82, 2.24) is 0 Å². The van der Waals surface area contributed by atoms with Gasteiger partial charge in [0.05, 0.1) is 23.1 Å². The van der Waals surface area contributed by atoms with Crippen LogP contribution in [0.25, 0.3) is 0 Å². The van der Waals surface area contributed by atoms with E-state index in [1.165, 1.54) is 4.90 Å². The van der Waals surface area contributed by atoms with Gasteiger partial charge in [-0.05, 0) is 50.5 Å². The first kappa shape index (κ1) is 18.2. The molecule has 4 rings (SSSR count). The lowest BCUT2D eigenvalue weighted by Crippen LogP contribution is -2.30. The van der Waals surface area contributed by atoms with Gasteiger partial charge in [-0.25, -0.2) is 9.69 Å². The number of ether oxygens (including phenoxy) is 1. The number of amides is 2. The molecule has 2 aliphatic rings. The molecule has 2 aromatic carbocycles. The average Bonchev–Trinajstić information content (AvgIpc) is 2.92. The molecule has 1 fully saturated rings. The van der Waals surface area contributed by atoms with Crippen LogP contribution in [0.2, 0.25) is 0 Å². The van der Waals surface area contributed by atoms with Gasteiger partial charge in [-0.3, -0.25) is 9.59 Å². The highest BCUT2D eigenvalue weighted by molar-refractivity contribution is 6.22. The maximum atomic E-state index is 12.9. The Bertz CT molecular complexity index is 1010. The van der Waals surface area contributed by atoms with Crippen molar-refractivity contribution in [3.63, 3.8) is 0 Å². The summed E-state index contributed by atoms with van der Waals surface area (Å²) < 4.78 is 5.49. The van der Waals surface area contributed by atoms with Crippen LogP contribution >= 0.6 is 0 Å². The molecule has 28 heavy (non-hydrogen) atoms. The van der Waals surface area contributed by atoms with Crippen LogP contribution in [0.1, 0.15) is 35.7 Å². The molecule has 1 aliphatic carbocycles. The predicted molar refractivity (Wildman–Crippen MR) is 105 cm³/mol. The van der Waals surface area contributed by atoms with E-state index in [0.29, 0.717) is 29.8 Å². The maximum Gasteiger partial charge on any atom is 0.343 e. The summed E-state index contributed by atoms with van der Waals surface area (Å²) in [7, 11) is 0. The first-order chi connectivity index (χ1) is 13.5. The van der Waals surface area contributed by atoms with Crippen molar-refractivity contribution < 1.29 is 19.1 Å². The van der Waals surface area contributed by atoms with Crippen molar-refractivity contribution in [2.45, 2.75) is 26.7 Å². The number of imide groups is 1. The fourth-order valence-electron chi connectivity index (χ4n) is 3.94. The van der Waals surface area contributed by atoms with E-state index in [-0.39, 0.29) is 23.7 Å². The molecule has 0 saturated carbocycles. The molecule has 1 saturated heterocycles. The largest absolute Gasteiger partial charge is 0.423 e. The van der Waals surface area contributed by atoms with E-state index in [0.717, 1.165) is 11.1 Å². The van der Waals surface area contributed by atoms with E-state index in [1.807, 2.05) is 32.1 Å².